The van der Waals surface area contributed by atoms with E-state index in [-0.39, 0.29) is 6.10 Å². The molecule has 2 N–H and O–H groups in total. The summed E-state index contributed by atoms with van der Waals surface area (Å²) in [7, 11) is 0. The van der Waals surface area contributed by atoms with Gasteiger partial charge in [-0.15, -0.1) is 0 Å². The van der Waals surface area contributed by atoms with Crippen molar-refractivity contribution in [2.24, 2.45) is 0 Å². The predicted octanol–water partition coefficient (Wildman–Crippen LogP) is 2.94. The number of hydrogen-bond acceptors (Lipinski definition) is 4. The molecular weight excluding hydrogens is 264 g/mol. The topological polar surface area (TPSA) is 45.1 Å². The van der Waals surface area contributed by atoms with Gasteiger partial charge in [0.2, 0.25) is 0 Å². The molecule has 88 valence electrons. The number of nitrogens with one attached hydrogen (secondary N) is 1. The van der Waals surface area contributed by atoms with Gasteiger partial charge in [-0.25, -0.2) is 4.98 Å². The molecule has 0 saturated carbocycles. The molecule has 0 amide bonds. The average Bonchev–Trinajstić information content (AvgIpc) is 2.21. The van der Waals surface area contributed by atoms with Crippen LogP contribution in [0.3, 0.4) is 0 Å². The molecule has 0 saturated heterocycles. The number of pyridine rings is 1. The summed E-state index contributed by atoms with van der Waals surface area (Å²) in [6.07, 6.45) is 2.00. The Labute approximate surface area is 110 Å². The van der Waals surface area contributed by atoms with Crippen molar-refractivity contribution in [3.05, 3.63) is 23.4 Å². The fourth-order valence-electron chi connectivity index (χ4n) is 0.913. The Morgan fingerprint density at radius 2 is 2.44 bits per heavy atom. The molecule has 3 nitrogen and oxygen atoms in total. The maximum absolute atomic E-state index is 9.08. The lowest BCUT2D eigenvalue weighted by Gasteiger charge is -2.07. The van der Waals surface area contributed by atoms with Crippen molar-refractivity contribution in [3.8, 4) is 0 Å². The van der Waals surface area contributed by atoms with Crippen LogP contribution in [0.4, 0.5) is 5.82 Å². The SMILES string of the molecule is CC(O)CCSC(=S)Nc1ccc(Cl)cn1. The summed E-state index contributed by atoms with van der Waals surface area (Å²) in [5.74, 6) is 1.47. The first-order chi connectivity index (χ1) is 7.58. The van der Waals surface area contributed by atoms with Crippen molar-refractivity contribution in [1.29, 1.82) is 0 Å². The van der Waals surface area contributed by atoms with Crippen molar-refractivity contribution in [2.75, 3.05) is 11.1 Å². The molecule has 1 aromatic heterocycles. The Morgan fingerprint density at radius 3 is 3.00 bits per heavy atom. The molecule has 1 rings (SSSR count). The number of thiocarbonyl (C=S) groups is 1. The Bertz CT molecular complexity index is 343. The van der Waals surface area contributed by atoms with Crippen LogP contribution in [0.25, 0.3) is 0 Å². The van der Waals surface area contributed by atoms with Crippen LogP contribution in [0.5, 0.6) is 0 Å². The van der Waals surface area contributed by atoms with Gasteiger partial charge in [0.15, 0.2) is 0 Å². The highest BCUT2D eigenvalue weighted by Gasteiger charge is 2.01. The lowest BCUT2D eigenvalue weighted by atomic mass is 10.3. The zero-order chi connectivity index (χ0) is 12.0. The molecule has 16 heavy (non-hydrogen) atoms. The summed E-state index contributed by atoms with van der Waals surface area (Å²) in [4.78, 5) is 4.07. The van der Waals surface area contributed by atoms with Crippen LogP contribution < -0.4 is 5.32 Å². The van der Waals surface area contributed by atoms with E-state index in [4.69, 9.17) is 28.9 Å². The third-order valence-corrected chi connectivity index (χ3v) is 3.21. The van der Waals surface area contributed by atoms with Gasteiger partial charge in [0.25, 0.3) is 0 Å². The number of nitrogens with zero attached hydrogens (tertiary/aromatic N) is 1. The highest BCUT2D eigenvalue weighted by Crippen LogP contribution is 2.13. The average molecular weight is 277 g/mol. The van der Waals surface area contributed by atoms with Crippen LogP contribution in [0.2, 0.25) is 5.02 Å². The van der Waals surface area contributed by atoms with E-state index in [9.17, 15) is 0 Å². The first kappa shape index (κ1) is 13.7. The molecule has 1 atom stereocenters. The number of rotatable bonds is 4. The maximum Gasteiger partial charge on any atom is 0.139 e. The van der Waals surface area contributed by atoms with Gasteiger partial charge in [0, 0.05) is 11.9 Å². The smallest absolute Gasteiger partial charge is 0.139 e. The largest absolute Gasteiger partial charge is 0.393 e. The van der Waals surface area contributed by atoms with Crippen molar-refractivity contribution in [2.45, 2.75) is 19.4 Å². The van der Waals surface area contributed by atoms with Gasteiger partial charge in [-0.1, -0.05) is 35.6 Å². The molecule has 0 aliphatic carbocycles. The third kappa shape index (κ3) is 5.65. The van der Waals surface area contributed by atoms with E-state index in [1.54, 1.807) is 25.3 Å². The number of aromatic nitrogens is 1. The van der Waals surface area contributed by atoms with Crippen LogP contribution in [-0.2, 0) is 0 Å². The zero-order valence-corrected chi connectivity index (χ0v) is 11.2. The molecule has 1 heterocycles. The molecule has 0 aromatic carbocycles. The van der Waals surface area contributed by atoms with E-state index in [1.807, 2.05) is 0 Å². The van der Waals surface area contributed by atoms with Crippen molar-refractivity contribution in [3.63, 3.8) is 0 Å². The minimum atomic E-state index is -0.288. The second-order valence-electron chi connectivity index (χ2n) is 3.26. The monoisotopic (exact) mass is 276 g/mol. The van der Waals surface area contributed by atoms with Gasteiger partial charge in [-0.05, 0) is 25.5 Å². The van der Waals surface area contributed by atoms with E-state index < -0.39 is 0 Å². The Kier molecular flexibility index (Phi) is 6.05. The zero-order valence-electron chi connectivity index (χ0n) is 8.81. The van der Waals surface area contributed by atoms with Crippen LogP contribution in [0.1, 0.15) is 13.3 Å². The number of aliphatic hydroxyl groups excluding tert-OH is 1. The molecular formula is C10H13ClN2OS2. The van der Waals surface area contributed by atoms with Gasteiger partial charge >= 0.3 is 0 Å². The van der Waals surface area contributed by atoms with Gasteiger partial charge in [0.05, 0.1) is 11.1 Å². The van der Waals surface area contributed by atoms with E-state index in [2.05, 4.69) is 10.3 Å². The number of aliphatic hydroxyl groups is 1. The van der Waals surface area contributed by atoms with Crippen molar-refractivity contribution < 1.29 is 5.11 Å². The molecule has 0 radical (unpaired) electrons. The second-order valence-corrected chi connectivity index (χ2v) is 5.47. The lowest BCUT2D eigenvalue weighted by Crippen LogP contribution is -2.08. The summed E-state index contributed by atoms with van der Waals surface area (Å²) in [5, 5.41) is 12.7. The summed E-state index contributed by atoms with van der Waals surface area (Å²) in [6.45, 7) is 1.76. The summed E-state index contributed by atoms with van der Waals surface area (Å²) in [6, 6.07) is 3.52. The van der Waals surface area contributed by atoms with E-state index in [0.29, 0.717) is 15.2 Å². The normalized spacial score (nSPS) is 12.2. The van der Waals surface area contributed by atoms with Crippen LogP contribution in [0, 0.1) is 0 Å². The van der Waals surface area contributed by atoms with Gasteiger partial charge in [-0.2, -0.15) is 0 Å². The van der Waals surface area contributed by atoms with Gasteiger partial charge in [0.1, 0.15) is 10.1 Å². The molecule has 0 aliphatic rings. The lowest BCUT2D eigenvalue weighted by molar-refractivity contribution is 0.192. The van der Waals surface area contributed by atoms with Gasteiger partial charge in [-0.3, -0.25) is 0 Å². The summed E-state index contributed by atoms with van der Waals surface area (Å²) in [5.41, 5.74) is 0. The quantitative estimate of drug-likeness (QED) is 0.828. The summed E-state index contributed by atoms with van der Waals surface area (Å²) >= 11 is 12.3. The Hall–Kier alpha value is -0.360. The third-order valence-electron chi connectivity index (χ3n) is 1.73. The predicted molar refractivity (Wildman–Crippen MR) is 74.2 cm³/mol. The van der Waals surface area contributed by atoms with Crippen LogP contribution >= 0.6 is 35.6 Å². The fraction of sp³-hybridized carbons (Fsp3) is 0.400. The van der Waals surface area contributed by atoms with Crippen LogP contribution in [0.15, 0.2) is 18.3 Å². The highest BCUT2D eigenvalue weighted by atomic mass is 35.5. The van der Waals surface area contributed by atoms with Crippen LogP contribution in [-0.4, -0.2) is 26.3 Å². The number of anilines is 1. The first-order valence-electron chi connectivity index (χ1n) is 4.81. The fourth-order valence-corrected chi connectivity index (χ4v) is 2.20. The standard InChI is InChI=1S/C10H13ClN2OS2/c1-7(14)4-5-16-10(15)13-9-3-2-8(11)6-12-9/h2-3,6-7,14H,4-5H2,1H3,(H,12,13,15). The minimum absolute atomic E-state index is 0.288. The first-order valence-corrected chi connectivity index (χ1v) is 6.58. The Morgan fingerprint density at radius 1 is 1.69 bits per heavy atom. The van der Waals surface area contributed by atoms with Crippen molar-refractivity contribution >= 4 is 45.7 Å². The van der Waals surface area contributed by atoms with Gasteiger partial charge < -0.3 is 10.4 Å². The molecule has 1 unspecified atom stereocenters. The number of thioether (sulfide) groups is 1. The van der Waals surface area contributed by atoms with Crippen molar-refractivity contribution in [1.82, 2.24) is 4.98 Å². The molecule has 0 spiro atoms. The highest BCUT2D eigenvalue weighted by molar-refractivity contribution is 8.23. The van der Waals surface area contributed by atoms with E-state index in [1.165, 1.54) is 11.8 Å². The number of hydrogen-bond donors (Lipinski definition) is 2. The molecule has 1 aromatic rings. The summed E-state index contributed by atoms with van der Waals surface area (Å²) < 4.78 is 0.649. The molecule has 6 heteroatoms. The molecule has 0 fully saturated rings. The van der Waals surface area contributed by atoms with E-state index >= 15 is 0 Å². The molecule has 0 aliphatic heterocycles. The maximum atomic E-state index is 9.08. The number of halogens is 1. The van der Waals surface area contributed by atoms with E-state index in [0.717, 1.165) is 12.2 Å². The Balaban J connectivity index is 2.31. The second kappa shape index (κ2) is 7.06. The molecule has 0 bridgehead atoms. The minimum Gasteiger partial charge on any atom is -0.393 e.